The van der Waals surface area contributed by atoms with Gasteiger partial charge in [-0.2, -0.15) is 5.10 Å². The molecule has 0 aliphatic heterocycles. The summed E-state index contributed by atoms with van der Waals surface area (Å²) in [7, 11) is 0. The number of halogens is 1. The number of amides is 1. The number of benzene rings is 1. The lowest BCUT2D eigenvalue weighted by Gasteiger charge is -2.17. The van der Waals surface area contributed by atoms with E-state index in [4.69, 9.17) is 11.6 Å². The SMILES string of the molecule is CC(=NNC(=O)c1ccc(Cl)cc1)C(C)(C)C. The summed E-state index contributed by atoms with van der Waals surface area (Å²) in [6, 6.07) is 6.69. The molecule has 0 aromatic heterocycles. The molecule has 1 N–H and O–H groups in total. The second-order valence-electron chi connectivity index (χ2n) is 4.90. The van der Waals surface area contributed by atoms with Crippen molar-refractivity contribution in [1.82, 2.24) is 5.43 Å². The van der Waals surface area contributed by atoms with Crippen LogP contribution in [-0.2, 0) is 0 Å². The molecule has 1 rings (SSSR count). The predicted octanol–water partition coefficient (Wildman–Crippen LogP) is 3.49. The molecular formula is C13H17ClN2O. The number of hydrogen-bond acceptors (Lipinski definition) is 2. The van der Waals surface area contributed by atoms with Gasteiger partial charge in [0.25, 0.3) is 5.91 Å². The Morgan fingerprint density at radius 1 is 1.24 bits per heavy atom. The van der Waals surface area contributed by atoms with Crippen molar-refractivity contribution < 1.29 is 4.79 Å². The Balaban J connectivity index is 2.71. The number of rotatable bonds is 2. The summed E-state index contributed by atoms with van der Waals surface area (Å²) in [5.74, 6) is -0.231. The topological polar surface area (TPSA) is 41.5 Å². The van der Waals surface area contributed by atoms with E-state index in [1.807, 2.05) is 27.7 Å². The van der Waals surface area contributed by atoms with Crippen molar-refractivity contribution in [3.63, 3.8) is 0 Å². The van der Waals surface area contributed by atoms with Crippen molar-refractivity contribution in [3.8, 4) is 0 Å². The summed E-state index contributed by atoms with van der Waals surface area (Å²) in [6.07, 6.45) is 0. The van der Waals surface area contributed by atoms with Gasteiger partial charge in [0.2, 0.25) is 0 Å². The molecule has 0 atom stereocenters. The molecule has 0 unspecified atom stereocenters. The highest BCUT2D eigenvalue weighted by atomic mass is 35.5. The Labute approximate surface area is 107 Å². The molecule has 1 amide bonds. The van der Waals surface area contributed by atoms with Crippen LogP contribution in [0.2, 0.25) is 5.02 Å². The molecule has 92 valence electrons. The second-order valence-corrected chi connectivity index (χ2v) is 5.33. The minimum atomic E-state index is -0.231. The first kappa shape index (κ1) is 13.7. The van der Waals surface area contributed by atoms with Crippen LogP contribution in [0.4, 0.5) is 0 Å². The lowest BCUT2D eigenvalue weighted by Crippen LogP contribution is -2.24. The van der Waals surface area contributed by atoms with Crippen LogP contribution in [0.3, 0.4) is 0 Å². The smallest absolute Gasteiger partial charge is 0.267 e. The minimum Gasteiger partial charge on any atom is -0.267 e. The number of carbonyl (C=O) groups excluding carboxylic acids is 1. The van der Waals surface area contributed by atoms with Crippen molar-refractivity contribution >= 4 is 23.2 Å². The minimum absolute atomic E-state index is 0.0483. The van der Waals surface area contributed by atoms with Crippen molar-refractivity contribution in [2.45, 2.75) is 27.7 Å². The van der Waals surface area contributed by atoms with Crippen LogP contribution < -0.4 is 5.43 Å². The first-order chi connectivity index (χ1) is 7.80. The van der Waals surface area contributed by atoms with Crippen LogP contribution in [0.25, 0.3) is 0 Å². The van der Waals surface area contributed by atoms with Crippen molar-refractivity contribution in [3.05, 3.63) is 34.9 Å². The van der Waals surface area contributed by atoms with Gasteiger partial charge in [-0.15, -0.1) is 0 Å². The number of hydrazone groups is 1. The summed E-state index contributed by atoms with van der Waals surface area (Å²) in [6.45, 7) is 8.02. The van der Waals surface area contributed by atoms with E-state index in [0.717, 1.165) is 5.71 Å². The molecule has 0 bridgehead atoms. The summed E-state index contributed by atoms with van der Waals surface area (Å²) in [5, 5.41) is 4.69. The maximum atomic E-state index is 11.7. The van der Waals surface area contributed by atoms with Crippen LogP contribution in [0, 0.1) is 5.41 Å². The molecule has 0 fully saturated rings. The molecule has 0 radical (unpaired) electrons. The van der Waals surface area contributed by atoms with Gasteiger partial charge in [0.15, 0.2) is 0 Å². The Bertz CT molecular complexity index is 430. The number of hydrogen-bond donors (Lipinski definition) is 1. The quantitative estimate of drug-likeness (QED) is 0.635. The largest absolute Gasteiger partial charge is 0.271 e. The number of nitrogens with one attached hydrogen (secondary N) is 1. The first-order valence-corrected chi connectivity index (χ1v) is 5.79. The zero-order valence-corrected chi connectivity index (χ0v) is 11.3. The summed E-state index contributed by atoms with van der Waals surface area (Å²) in [5.41, 5.74) is 3.90. The van der Waals surface area contributed by atoms with Gasteiger partial charge >= 0.3 is 0 Å². The molecule has 0 aliphatic carbocycles. The maximum Gasteiger partial charge on any atom is 0.271 e. The highest BCUT2D eigenvalue weighted by molar-refractivity contribution is 6.30. The van der Waals surface area contributed by atoms with Crippen LogP contribution in [-0.4, -0.2) is 11.6 Å². The van der Waals surface area contributed by atoms with E-state index in [-0.39, 0.29) is 11.3 Å². The third-order valence-corrected chi connectivity index (χ3v) is 2.77. The summed E-state index contributed by atoms with van der Waals surface area (Å²) < 4.78 is 0. The zero-order valence-electron chi connectivity index (χ0n) is 10.5. The third-order valence-electron chi connectivity index (χ3n) is 2.52. The molecule has 1 aromatic carbocycles. The van der Waals surface area contributed by atoms with Crippen molar-refractivity contribution in [1.29, 1.82) is 0 Å². The van der Waals surface area contributed by atoms with Gasteiger partial charge in [-0.1, -0.05) is 32.4 Å². The molecule has 0 saturated carbocycles. The molecule has 4 heteroatoms. The molecule has 0 heterocycles. The molecule has 1 aromatic rings. The lowest BCUT2D eigenvalue weighted by atomic mass is 9.91. The van der Waals surface area contributed by atoms with Crippen molar-refractivity contribution in [2.75, 3.05) is 0 Å². The Kier molecular flexibility index (Phi) is 4.29. The molecule has 17 heavy (non-hydrogen) atoms. The number of nitrogens with zero attached hydrogens (tertiary/aromatic N) is 1. The zero-order chi connectivity index (χ0) is 13.1. The monoisotopic (exact) mass is 252 g/mol. The average Bonchev–Trinajstić information content (AvgIpc) is 2.25. The van der Waals surface area contributed by atoms with Gasteiger partial charge in [-0.3, -0.25) is 4.79 Å². The lowest BCUT2D eigenvalue weighted by molar-refractivity contribution is 0.0954. The van der Waals surface area contributed by atoms with Gasteiger partial charge in [0.1, 0.15) is 0 Å². The normalized spacial score (nSPS) is 12.4. The van der Waals surface area contributed by atoms with E-state index in [0.29, 0.717) is 10.6 Å². The highest BCUT2D eigenvalue weighted by Crippen LogP contribution is 2.15. The summed E-state index contributed by atoms with van der Waals surface area (Å²) >= 11 is 5.74. The molecule has 0 spiro atoms. The van der Waals surface area contributed by atoms with Gasteiger partial charge in [0, 0.05) is 21.7 Å². The van der Waals surface area contributed by atoms with E-state index in [9.17, 15) is 4.79 Å². The Morgan fingerprint density at radius 2 is 1.76 bits per heavy atom. The van der Waals surface area contributed by atoms with Gasteiger partial charge in [-0.05, 0) is 31.2 Å². The summed E-state index contributed by atoms with van der Waals surface area (Å²) in [4.78, 5) is 11.7. The van der Waals surface area contributed by atoms with E-state index < -0.39 is 0 Å². The Morgan fingerprint density at radius 3 is 2.24 bits per heavy atom. The van der Waals surface area contributed by atoms with Crippen LogP contribution in [0.5, 0.6) is 0 Å². The standard InChI is InChI=1S/C13H17ClN2O/c1-9(13(2,3)4)15-16-12(17)10-5-7-11(14)8-6-10/h5-8H,1-4H3,(H,16,17). The fourth-order valence-corrected chi connectivity index (χ4v) is 1.09. The first-order valence-electron chi connectivity index (χ1n) is 5.41. The average molecular weight is 253 g/mol. The van der Waals surface area contributed by atoms with Crippen LogP contribution >= 0.6 is 11.6 Å². The predicted molar refractivity (Wildman–Crippen MR) is 71.5 cm³/mol. The highest BCUT2D eigenvalue weighted by Gasteiger charge is 2.14. The van der Waals surface area contributed by atoms with Crippen LogP contribution in [0.1, 0.15) is 38.1 Å². The second kappa shape index (κ2) is 5.32. The van der Waals surface area contributed by atoms with E-state index in [1.165, 1.54) is 0 Å². The van der Waals surface area contributed by atoms with Gasteiger partial charge in [-0.25, -0.2) is 5.43 Å². The van der Waals surface area contributed by atoms with E-state index in [1.54, 1.807) is 24.3 Å². The third kappa shape index (κ3) is 4.19. The molecule has 0 saturated heterocycles. The number of carbonyl (C=O) groups is 1. The van der Waals surface area contributed by atoms with E-state index in [2.05, 4.69) is 10.5 Å². The van der Waals surface area contributed by atoms with Crippen molar-refractivity contribution in [2.24, 2.45) is 10.5 Å². The van der Waals surface area contributed by atoms with Gasteiger partial charge < -0.3 is 0 Å². The molecular weight excluding hydrogens is 236 g/mol. The molecule has 3 nitrogen and oxygen atoms in total. The fraction of sp³-hybridized carbons (Fsp3) is 0.385. The fourth-order valence-electron chi connectivity index (χ4n) is 0.968. The molecule has 0 aliphatic rings. The maximum absolute atomic E-state index is 11.7. The van der Waals surface area contributed by atoms with Crippen LogP contribution in [0.15, 0.2) is 29.4 Å². The Hall–Kier alpha value is -1.35. The van der Waals surface area contributed by atoms with E-state index >= 15 is 0 Å². The van der Waals surface area contributed by atoms with Gasteiger partial charge in [0.05, 0.1) is 0 Å².